The Morgan fingerprint density at radius 1 is 1.12 bits per heavy atom. The standard InChI is InChI=1S/C18H21ClN2O3S2/c1-26(23,24)21(16-10-8-15(19)9-11-16)14-18(22)20-12-5-13-25-17-6-3-2-4-7-17/h2-4,6-11H,5,12-14H2,1H3,(H,20,22). The van der Waals surface area contributed by atoms with Crippen molar-refractivity contribution in [2.75, 3.05) is 29.4 Å². The molecule has 1 amide bonds. The molecule has 0 fully saturated rings. The van der Waals surface area contributed by atoms with E-state index in [1.807, 2.05) is 30.3 Å². The number of carbonyl (C=O) groups excluding carboxylic acids is 1. The highest BCUT2D eigenvalue weighted by atomic mass is 35.5. The number of anilines is 1. The molecule has 2 aromatic rings. The summed E-state index contributed by atoms with van der Waals surface area (Å²) >= 11 is 7.55. The lowest BCUT2D eigenvalue weighted by molar-refractivity contribution is -0.119. The van der Waals surface area contributed by atoms with Gasteiger partial charge in [-0.1, -0.05) is 29.8 Å². The van der Waals surface area contributed by atoms with E-state index in [0.29, 0.717) is 17.3 Å². The Kier molecular flexibility index (Phi) is 7.81. The lowest BCUT2D eigenvalue weighted by Crippen LogP contribution is -2.40. The van der Waals surface area contributed by atoms with Crippen molar-refractivity contribution in [2.24, 2.45) is 0 Å². The summed E-state index contributed by atoms with van der Waals surface area (Å²) in [6.07, 6.45) is 1.87. The lowest BCUT2D eigenvalue weighted by atomic mass is 10.3. The largest absolute Gasteiger partial charge is 0.354 e. The molecule has 0 radical (unpaired) electrons. The fraction of sp³-hybridized carbons (Fsp3) is 0.278. The minimum atomic E-state index is -3.57. The molecule has 140 valence electrons. The summed E-state index contributed by atoms with van der Waals surface area (Å²) in [6, 6.07) is 16.4. The van der Waals surface area contributed by atoms with Gasteiger partial charge in [0.05, 0.1) is 11.9 Å². The zero-order chi connectivity index (χ0) is 19.0. The molecule has 0 aliphatic carbocycles. The van der Waals surface area contributed by atoms with E-state index in [1.54, 1.807) is 36.0 Å². The van der Waals surface area contributed by atoms with Crippen molar-refractivity contribution in [3.8, 4) is 0 Å². The first kappa shape index (κ1) is 20.6. The van der Waals surface area contributed by atoms with Gasteiger partial charge in [0.1, 0.15) is 6.54 Å². The smallest absolute Gasteiger partial charge is 0.240 e. The van der Waals surface area contributed by atoms with Crippen molar-refractivity contribution in [1.82, 2.24) is 5.32 Å². The van der Waals surface area contributed by atoms with E-state index < -0.39 is 10.0 Å². The summed E-state index contributed by atoms with van der Waals surface area (Å²) in [6.45, 7) is 0.239. The molecule has 1 N–H and O–H groups in total. The van der Waals surface area contributed by atoms with Gasteiger partial charge in [0.25, 0.3) is 0 Å². The van der Waals surface area contributed by atoms with Crippen LogP contribution in [0.25, 0.3) is 0 Å². The first-order valence-corrected chi connectivity index (χ1v) is 11.3. The second-order valence-corrected chi connectivity index (χ2v) is 9.12. The van der Waals surface area contributed by atoms with Gasteiger partial charge in [0.15, 0.2) is 0 Å². The predicted molar refractivity (Wildman–Crippen MR) is 108 cm³/mol. The molecular weight excluding hydrogens is 392 g/mol. The van der Waals surface area contributed by atoms with Crippen molar-refractivity contribution in [2.45, 2.75) is 11.3 Å². The minimum Gasteiger partial charge on any atom is -0.354 e. The molecule has 26 heavy (non-hydrogen) atoms. The summed E-state index contributed by atoms with van der Waals surface area (Å²) < 4.78 is 25.1. The summed E-state index contributed by atoms with van der Waals surface area (Å²) in [5.74, 6) is 0.534. The molecule has 0 aliphatic heterocycles. The summed E-state index contributed by atoms with van der Waals surface area (Å²) in [5.41, 5.74) is 0.409. The molecule has 0 unspecified atom stereocenters. The third kappa shape index (κ3) is 6.90. The van der Waals surface area contributed by atoms with E-state index >= 15 is 0 Å². The number of halogens is 1. The van der Waals surface area contributed by atoms with Gasteiger partial charge >= 0.3 is 0 Å². The van der Waals surface area contributed by atoms with Gasteiger partial charge in [0, 0.05) is 16.5 Å². The highest BCUT2D eigenvalue weighted by Gasteiger charge is 2.20. The van der Waals surface area contributed by atoms with Gasteiger partial charge < -0.3 is 5.32 Å². The third-order valence-corrected chi connectivity index (χ3v) is 5.95. The number of amides is 1. The van der Waals surface area contributed by atoms with Crippen LogP contribution in [0.2, 0.25) is 5.02 Å². The Morgan fingerprint density at radius 3 is 2.38 bits per heavy atom. The van der Waals surface area contributed by atoms with Crippen LogP contribution in [0.5, 0.6) is 0 Å². The van der Waals surface area contributed by atoms with Crippen molar-refractivity contribution in [3.63, 3.8) is 0 Å². The predicted octanol–water partition coefficient (Wildman–Crippen LogP) is 3.40. The number of rotatable bonds is 9. The maximum atomic E-state index is 12.1. The maximum absolute atomic E-state index is 12.1. The molecule has 8 heteroatoms. The maximum Gasteiger partial charge on any atom is 0.240 e. The Balaban J connectivity index is 1.81. The molecule has 2 aromatic carbocycles. The summed E-state index contributed by atoms with van der Waals surface area (Å²) in [7, 11) is -3.57. The molecule has 5 nitrogen and oxygen atoms in total. The highest BCUT2D eigenvalue weighted by molar-refractivity contribution is 7.99. The number of thioether (sulfide) groups is 1. The van der Waals surface area contributed by atoms with E-state index in [-0.39, 0.29) is 12.5 Å². The number of hydrogen-bond acceptors (Lipinski definition) is 4. The lowest BCUT2D eigenvalue weighted by Gasteiger charge is -2.21. The number of nitrogens with zero attached hydrogens (tertiary/aromatic N) is 1. The Hall–Kier alpha value is -1.70. The molecule has 0 saturated heterocycles. The van der Waals surface area contributed by atoms with E-state index in [2.05, 4.69) is 5.32 Å². The molecule has 0 atom stereocenters. The number of nitrogens with one attached hydrogen (secondary N) is 1. The Bertz CT molecular complexity index is 812. The summed E-state index contributed by atoms with van der Waals surface area (Å²) in [5, 5.41) is 3.27. The highest BCUT2D eigenvalue weighted by Crippen LogP contribution is 2.20. The van der Waals surface area contributed by atoms with Crippen LogP contribution in [0.4, 0.5) is 5.69 Å². The van der Waals surface area contributed by atoms with Gasteiger partial charge in [-0.3, -0.25) is 9.10 Å². The zero-order valence-electron chi connectivity index (χ0n) is 14.4. The van der Waals surface area contributed by atoms with Crippen LogP contribution in [0.15, 0.2) is 59.5 Å². The molecule has 0 spiro atoms. The van der Waals surface area contributed by atoms with E-state index in [4.69, 9.17) is 11.6 Å². The van der Waals surface area contributed by atoms with Crippen LogP contribution in [-0.4, -0.2) is 39.4 Å². The van der Waals surface area contributed by atoms with Crippen LogP contribution >= 0.6 is 23.4 Å². The number of benzene rings is 2. The van der Waals surface area contributed by atoms with Crippen LogP contribution in [0, 0.1) is 0 Å². The van der Waals surface area contributed by atoms with Crippen LogP contribution < -0.4 is 9.62 Å². The van der Waals surface area contributed by atoms with E-state index in [1.165, 1.54) is 4.90 Å². The third-order valence-electron chi connectivity index (χ3n) is 3.46. The quantitative estimate of drug-likeness (QED) is 0.506. The molecule has 0 aromatic heterocycles. The fourth-order valence-corrected chi connectivity index (χ4v) is 4.06. The Morgan fingerprint density at radius 2 is 1.77 bits per heavy atom. The number of sulfonamides is 1. The van der Waals surface area contributed by atoms with Crippen molar-refractivity contribution in [3.05, 3.63) is 59.6 Å². The van der Waals surface area contributed by atoms with Crippen LogP contribution in [-0.2, 0) is 14.8 Å². The molecule has 0 aliphatic rings. The topological polar surface area (TPSA) is 66.5 Å². The average molecular weight is 413 g/mol. The van der Waals surface area contributed by atoms with Gasteiger partial charge in [-0.15, -0.1) is 11.8 Å². The molecule has 0 heterocycles. The molecule has 0 bridgehead atoms. The SMILES string of the molecule is CS(=O)(=O)N(CC(=O)NCCCSc1ccccc1)c1ccc(Cl)cc1. The fourth-order valence-electron chi connectivity index (χ4n) is 2.20. The zero-order valence-corrected chi connectivity index (χ0v) is 16.8. The van der Waals surface area contributed by atoms with Gasteiger partial charge in [-0.05, 0) is 48.6 Å². The minimum absolute atomic E-state index is 0.258. The normalized spacial score (nSPS) is 11.2. The van der Waals surface area contributed by atoms with Crippen LogP contribution in [0.3, 0.4) is 0 Å². The number of carbonyl (C=O) groups is 1. The average Bonchev–Trinajstić information content (AvgIpc) is 2.60. The monoisotopic (exact) mass is 412 g/mol. The van der Waals surface area contributed by atoms with Gasteiger partial charge in [0.2, 0.25) is 15.9 Å². The Labute approximate surface area is 163 Å². The summed E-state index contributed by atoms with van der Waals surface area (Å²) in [4.78, 5) is 13.3. The second-order valence-electron chi connectivity index (χ2n) is 5.61. The van der Waals surface area contributed by atoms with E-state index in [0.717, 1.165) is 22.7 Å². The molecule has 0 saturated carbocycles. The first-order valence-electron chi connectivity index (χ1n) is 8.04. The molecular formula is C18H21ClN2O3S2. The van der Waals surface area contributed by atoms with Gasteiger partial charge in [-0.25, -0.2) is 8.42 Å². The van der Waals surface area contributed by atoms with Crippen molar-refractivity contribution >= 4 is 45.0 Å². The second kappa shape index (κ2) is 9.85. The molecule has 2 rings (SSSR count). The first-order chi connectivity index (χ1) is 12.4. The van der Waals surface area contributed by atoms with Crippen molar-refractivity contribution in [1.29, 1.82) is 0 Å². The van der Waals surface area contributed by atoms with Crippen molar-refractivity contribution < 1.29 is 13.2 Å². The van der Waals surface area contributed by atoms with Crippen LogP contribution in [0.1, 0.15) is 6.42 Å². The number of hydrogen-bond donors (Lipinski definition) is 1. The van der Waals surface area contributed by atoms with E-state index in [9.17, 15) is 13.2 Å². The van der Waals surface area contributed by atoms with Gasteiger partial charge in [-0.2, -0.15) is 0 Å².